The van der Waals surface area contributed by atoms with Crippen molar-refractivity contribution in [2.24, 2.45) is 0 Å². The highest BCUT2D eigenvalue weighted by Crippen LogP contribution is 2.24. The predicted molar refractivity (Wildman–Crippen MR) is 34.6 cm³/mol. The van der Waals surface area contributed by atoms with Crippen molar-refractivity contribution in [1.82, 2.24) is 0 Å². The number of hydrogen-bond donors (Lipinski definition) is 0. The van der Waals surface area contributed by atoms with Crippen LogP contribution in [0.3, 0.4) is 0 Å². The van der Waals surface area contributed by atoms with Crippen LogP contribution in [0.4, 0.5) is 8.78 Å². The number of hydrogen-bond acceptors (Lipinski definition) is 2. The lowest BCUT2D eigenvalue weighted by molar-refractivity contribution is -0.133. The first-order chi connectivity index (χ1) is 5.14. The Kier molecular flexibility index (Phi) is 2.54. The molecule has 1 aliphatic rings. The lowest BCUT2D eigenvalue weighted by atomic mass is 10.1. The molecule has 0 spiro atoms. The molecule has 1 saturated heterocycles. The molecule has 1 heterocycles. The molecule has 1 atom stereocenters. The second-order valence-electron chi connectivity index (χ2n) is 2.72. The van der Waals surface area contributed by atoms with Crippen LogP contribution in [0.25, 0.3) is 0 Å². The molecule has 0 aromatic heterocycles. The average Bonchev–Trinajstić information content (AvgIpc) is 2.39. The summed E-state index contributed by atoms with van der Waals surface area (Å²) in [6.45, 7) is 0.541. The Morgan fingerprint density at radius 3 is 2.82 bits per heavy atom. The zero-order chi connectivity index (χ0) is 8.32. The monoisotopic (exact) mass is 164 g/mol. The number of aldehydes is 1. The fourth-order valence-electron chi connectivity index (χ4n) is 1.16. The van der Waals surface area contributed by atoms with Crippen molar-refractivity contribution in [2.45, 2.75) is 31.3 Å². The van der Waals surface area contributed by atoms with Crippen molar-refractivity contribution < 1.29 is 18.3 Å². The van der Waals surface area contributed by atoms with Gasteiger partial charge in [-0.1, -0.05) is 0 Å². The normalized spacial score (nSPS) is 25.5. The molecule has 0 aromatic carbocycles. The van der Waals surface area contributed by atoms with E-state index in [0.717, 1.165) is 6.42 Å². The lowest BCUT2D eigenvalue weighted by Crippen LogP contribution is -2.24. The molecular formula is C7H10F2O2. The molecule has 64 valence electrons. The van der Waals surface area contributed by atoms with Crippen LogP contribution in [0.1, 0.15) is 19.3 Å². The molecule has 1 fully saturated rings. The molecule has 4 heteroatoms. The first-order valence-electron chi connectivity index (χ1n) is 3.60. The molecule has 1 aliphatic heterocycles. The summed E-state index contributed by atoms with van der Waals surface area (Å²) in [5.74, 6) is -3.20. The number of alkyl halides is 2. The zero-order valence-electron chi connectivity index (χ0n) is 6.06. The van der Waals surface area contributed by atoms with Crippen molar-refractivity contribution in [2.75, 3.05) is 6.61 Å². The average molecular weight is 164 g/mol. The number of carbonyl (C=O) groups is 1. The second-order valence-corrected chi connectivity index (χ2v) is 2.72. The van der Waals surface area contributed by atoms with Gasteiger partial charge in [0.15, 0.2) is 6.29 Å². The van der Waals surface area contributed by atoms with Crippen LogP contribution in [-0.4, -0.2) is 24.9 Å². The van der Waals surface area contributed by atoms with Gasteiger partial charge in [0.1, 0.15) is 0 Å². The summed E-state index contributed by atoms with van der Waals surface area (Å²) in [5.41, 5.74) is 0. The van der Waals surface area contributed by atoms with Crippen LogP contribution < -0.4 is 0 Å². The summed E-state index contributed by atoms with van der Waals surface area (Å²) in [5, 5.41) is 0. The number of halogens is 2. The summed E-state index contributed by atoms with van der Waals surface area (Å²) < 4.78 is 29.7. The zero-order valence-corrected chi connectivity index (χ0v) is 6.06. The van der Waals surface area contributed by atoms with Gasteiger partial charge >= 0.3 is 5.92 Å². The first-order valence-corrected chi connectivity index (χ1v) is 3.60. The first kappa shape index (κ1) is 8.59. The Labute approximate surface area is 63.5 Å². The van der Waals surface area contributed by atoms with E-state index in [4.69, 9.17) is 4.74 Å². The highest BCUT2D eigenvalue weighted by molar-refractivity contribution is 5.59. The molecule has 2 nitrogen and oxygen atoms in total. The minimum atomic E-state index is -3.20. The van der Waals surface area contributed by atoms with Crippen LogP contribution in [0.2, 0.25) is 0 Å². The molecule has 0 amide bonds. The van der Waals surface area contributed by atoms with Crippen molar-refractivity contribution in [3.63, 3.8) is 0 Å². The van der Waals surface area contributed by atoms with E-state index in [1.165, 1.54) is 0 Å². The fourth-order valence-corrected chi connectivity index (χ4v) is 1.16. The standard InChI is InChI=1S/C7H10F2O2/c8-7(9,5-10)4-6-2-1-3-11-6/h5-6H,1-4H2. The van der Waals surface area contributed by atoms with E-state index in [9.17, 15) is 13.6 Å². The smallest absolute Gasteiger partial charge is 0.304 e. The van der Waals surface area contributed by atoms with Gasteiger partial charge in [-0.3, -0.25) is 4.79 Å². The van der Waals surface area contributed by atoms with Gasteiger partial charge in [0, 0.05) is 13.0 Å². The van der Waals surface area contributed by atoms with Gasteiger partial charge < -0.3 is 4.74 Å². The fraction of sp³-hybridized carbons (Fsp3) is 0.857. The van der Waals surface area contributed by atoms with E-state index in [1.54, 1.807) is 0 Å². The van der Waals surface area contributed by atoms with Crippen molar-refractivity contribution >= 4 is 6.29 Å². The lowest BCUT2D eigenvalue weighted by Gasteiger charge is -2.13. The Morgan fingerprint density at radius 2 is 2.36 bits per heavy atom. The van der Waals surface area contributed by atoms with E-state index in [2.05, 4.69) is 0 Å². The Bertz CT molecular complexity index is 141. The summed E-state index contributed by atoms with van der Waals surface area (Å²) in [6, 6.07) is 0. The number of ether oxygens (including phenoxy) is 1. The molecular weight excluding hydrogens is 154 g/mol. The molecule has 0 aromatic rings. The number of carbonyl (C=O) groups excluding carboxylic acids is 1. The third-order valence-corrected chi connectivity index (χ3v) is 1.70. The van der Waals surface area contributed by atoms with Gasteiger partial charge in [-0.05, 0) is 12.8 Å². The minimum absolute atomic E-state index is 0.311. The van der Waals surface area contributed by atoms with E-state index in [1.807, 2.05) is 0 Å². The second kappa shape index (κ2) is 3.26. The van der Waals surface area contributed by atoms with Gasteiger partial charge in [-0.2, -0.15) is 8.78 Å². The molecule has 1 rings (SSSR count). The Morgan fingerprint density at radius 1 is 1.64 bits per heavy atom. The van der Waals surface area contributed by atoms with Gasteiger partial charge in [0.25, 0.3) is 0 Å². The Hall–Kier alpha value is -0.510. The third-order valence-electron chi connectivity index (χ3n) is 1.70. The maximum absolute atomic E-state index is 12.4. The maximum atomic E-state index is 12.4. The van der Waals surface area contributed by atoms with Crippen LogP contribution >= 0.6 is 0 Å². The van der Waals surface area contributed by atoms with Crippen LogP contribution in [0.15, 0.2) is 0 Å². The molecule has 0 aliphatic carbocycles. The van der Waals surface area contributed by atoms with E-state index in [-0.39, 0.29) is 6.29 Å². The highest BCUT2D eigenvalue weighted by atomic mass is 19.3. The molecule has 11 heavy (non-hydrogen) atoms. The van der Waals surface area contributed by atoms with Crippen molar-refractivity contribution in [1.29, 1.82) is 0 Å². The summed E-state index contributed by atoms with van der Waals surface area (Å²) in [4.78, 5) is 9.81. The third kappa shape index (κ3) is 2.54. The van der Waals surface area contributed by atoms with Gasteiger partial charge in [0.2, 0.25) is 0 Å². The summed E-state index contributed by atoms with van der Waals surface area (Å²) in [6.07, 6.45) is 0.268. The minimum Gasteiger partial charge on any atom is -0.378 e. The topological polar surface area (TPSA) is 26.3 Å². The molecule has 0 bridgehead atoms. The molecule has 0 N–H and O–H groups in total. The molecule has 1 unspecified atom stereocenters. The van der Waals surface area contributed by atoms with Crippen LogP contribution in [0, 0.1) is 0 Å². The van der Waals surface area contributed by atoms with Gasteiger partial charge in [-0.15, -0.1) is 0 Å². The predicted octanol–water partition coefficient (Wildman–Crippen LogP) is 1.39. The largest absolute Gasteiger partial charge is 0.378 e. The van der Waals surface area contributed by atoms with E-state index < -0.39 is 18.4 Å². The van der Waals surface area contributed by atoms with Gasteiger partial charge in [0.05, 0.1) is 6.10 Å². The summed E-state index contributed by atoms with van der Waals surface area (Å²) >= 11 is 0. The van der Waals surface area contributed by atoms with E-state index in [0.29, 0.717) is 13.0 Å². The number of rotatable bonds is 3. The van der Waals surface area contributed by atoms with Crippen molar-refractivity contribution in [3.8, 4) is 0 Å². The summed E-state index contributed by atoms with van der Waals surface area (Å²) in [7, 11) is 0. The van der Waals surface area contributed by atoms with E-state index >= 15 is 0 Å². The quantitative estimate of drug-likeness (QED) is 0.589. The van der Waals surface area contributed by atoms with Crippen LogP contribution in [-0.2, 0) is 9.53 Å². The molecule has 0 radical (unpaired) electrons. The van der Waals surface area contributed by atoms with Crippen LogP contribution in [0.5, 0.6) is 0 Å². The van der Waals surface area contributed by atoms with Crippen molar-refractivity contribution in [3.05, 3.63) is 0 Å². The maximum Gasteiger partial charge on any atom is 0.304 e. The van der Waals surface area contributed by atoms with Gasteiger partial charge in [-0.25, -0.2) is 0 Å². The SMILES string of the molecule is O=CC(F)(F)CC1CCCO1. The Balaban J connectivity index is 2.33. The molecule has 0 saturated carbocycles. The highest BCUT2D eigenvalue weighted by Gasteiger charge is 2.33.